The number of aliphatic hydroxyl groups is 1. The summed E-state index contributed by atoms with van der Waals surface area (Å²) in [5, 5.41) is 9.10. The van der Waals surface area contributed by atoms with Gasteiger partial charge in [0.25, 0.3) is 0 Å². The third-order valence-electron chi connectivity index (χ3n) is 3.36. The maximum absolute atomic E-state index is 9.10. The Hall–Kier alpha value is -0.580. The largest absolute Gasteiger partial charge is 0.392 e. The van der Waals surface area contributed by atoms with E-state index in [1.807, 2.05) is 18.2 Å². The van der Waals surface area contributed by atoms with Crippen LogP contribution in [0.2, 0.25) is 0 Å². The molecule has 4 heteroatoms. The van der Waals surface area contributed by atoms with Crippen molar-refractivity contribution in [1.29, 1.82) is 0 Å². The van der Waals surface area contributed by atoms with Crippen LogP contribution in [0.1, 0.15) is 24.8 Å². The number of benzene rings is 1. The number of rotatable bonds is 4. The van der Waals surface area contributed by atoms with Crippen molar-refractivity contribution in [3.05, 3.63) is 28.2 Å². The van der Waals surface area contributed by atoms with E-state index in [1.165, 1.54) is 12.8 Å². The van der Waals surface area contributed by atoms with E-state index in [-0.39, 0.29) is 6.61 Å². The second-order valence-corrected chi connectivity index (χ2v) is 5.67. The summed E-state index contributed by atoms with van der Waals surface area (Å²) in [6.45, 7) is 1.88. The zero-order chi connectivity index (χ0) is 13.0. The molecule has 1 N–H and O–H groups in total. The summed E-state index contributed by atoms with van der Waals surface area (Å²) < 4.78 is 6.78. The first-order valence-corrected chi connectivity index (χ1v) is 7.22. The molecule has 1 heterocycles. The quantitative estimate of drug-likeness (QED) is 0.927. The van der Waals surface area contributed by atoms with Crippen LogP contribution in [0.15, 0.2) is 22.7 Å². The Bertz CT molecular complexity index is 391. The smallest absolute Gasteiger partial charge is 0.0749 e. The molecule has 1 aliphatic heterocycles. The number of hydrogen-bond acceptors (Lipinski definition) is 3. The fourth-order valence-corrected chi connectivity index (χ4v) is 3.04. The Labute approximate surface area is 117 Å². The minimum atomic E-state index is 0.0777. The highest BCUT2D eigenvalue weighted by Gasteiger charge is 2.17. The Morgan fingerprint density at radius 3 is 2.89 bits per heavy atom. The lowest BCUT2D eigenvalue weighted by molar-refractivity contribution is 0.0216. The van der Waals surface area contributed by atoms with Gasteiger partial charge in [0.15, 0.2) is 0 Å². The molecule has 0 saturated carbocycles. The molecule has 0 radical (unpaired) electrons. The second kappa shape index (κ2) is 6.55. The van der Waals surface area contributed by atoms with Crippen LogP contribution >= 0.6 is 15.9 Å². The highest BCUT2D eigenvalue weighted by Crippen LogP contribution is 2.27. The zero-order valence-corrected chi connectivity index (χ0v) is 12.3. The lowest BCUT2D eigenvalue weighted by Crippen LogP contribution is -2.33. The Balaban J connectivity index is 2.01. The third kappa shape index (κ3) is 3.46. The van der Waals surface area contributed by atoms with Gasteiger partial charge in [-0.3, -0.25) is 0 Å². The normalized spacial score (nSPS) is 19.8. The summed E-state index contributed by atoms with van der Waals surface area (Å²) in [6, 6.07) is 5.96. The molecule has 1 unspecified atom stereocenters. The van der Waals surface area contributed by atoms with E-state index in [1.54, 1.807) is 0 Å². The highest BCUT2D eigenvalue weighted by atomic mass is 79.9. The molecule has 18 heavy (non-hydrogen) atoms. The van der Waals surface area contributed by atoms with E-state index < -0.39 is 0 Å². The van der Waals surface area contributed by atoms with Crippen molar-refractivity contribution in [2.45, 2.75) is 32.0 Å². The molecule has 0 aliphatic carbocycles. The first kappa shape index (κ1) is 13.8. The number of aliphatic hydroxyl groups excluding tert-OH is 1. The van der Waals surface area contributed by atoms with Crippen molar-refractivity contribution in [3.63, 3.8) is 0 Å². The molecule has 1 atom stereocenters. The van der Waals surface area contributed by atoms with Gasteiger partial charge in [-0.25, -0.2) is 0 Å². The van der Waals surface area contributed by atoms with Gasteiger partial charge in [0.1, 0.15) is 0 Å². The van der Waals surface area contributed by atoms with E-state index >= 15 is 0 Å². The number of ether oxygens (including phenoxy) is 1. The van der Waals surface area contributed by atoms with Crippen molar-refractivity contribution in [2.24, 2.45) is 0 Å². The van der Waals surface area contributed by atoms with Crippen molar-refractivity contribution in [1.82, 2.24) is 0 Å². The number of likely N-dealkylation sites (N-methyl/N-ethyl adjacent to an activating group) is 1. The molecule has 2 rings (SSSR count). The van der Waals surface area contributed by atoms with Crippen LogP contribution in [0.25, 0.3) is 0 Å². The number of halogens is 1. The van der Waals surface area contributed by atoms with Gasteiger partial charge in [0.2, 0.25) is 0 Å². The molecule has 1 aromatic carbocycles. The molecular formula is C14H20BrNO2. The van der Waals surface area contributed by atoms with E-state index in [4.69, 9.17) is 9.84 Å². The van der Waals surface area contributed by atoms with Crippen LogP contribution in [0.3, 0.4) is 0 Å². The van der Waals surface area contributed by atoms with Crippen molar-refractivity contribution in [3.8, 4) is 0 Å². The van der Waals surface area contributed by atoms with Gasteiger partial charge in [-0.2, -0.15) is 0 Å². The second-order valence-electron chi connectivity index (χ2n) is 4.81. The number of hydrogen-bond donors (Lipinski definition) is 1. The Morgan fingerprint density at radius 1 is 1.44 bits per heavy atom. The summed E-state index contributed by atoms with van der Waals surface area (Å²) >= 11 is 3.56. The lowest BCUT2D eigenvalue weighted by atomic mass is 10.1. The molecule has 1 aromatic rings. The maximum Gasteiger partial charge on any atom is 0.0749 e. The molecule has 0 bridgehead atoms. The molecule has 1 aliphatic rings. The monoisotopic (exact) mass is 313 g/mol. The van der Waals surface area contributed by atoms with Crippen LogP contribution in [0, 0.1) is 0 Å². The number of nitrogens with zero attached hydrogens (tertiary/aromatic N) is 1. The Morgan fingerprint density at radius 2 is 2.28 bits per heavy atom. The topological polar surface area (TPSA) is 32.7 Å². The molecule has 0 aromatic heterocycles. The van der Waals surface area contributed by atoms with Gasteiger partial charge in [0, 0.05) is 24.7 Å². The molecule has 1 saturated heterocycles. The van der Waals surface area contributed by atoms with Gasteiger partial charge in [-0.15, -0.1) is 0 Å². The zero-order valence-electron chi connectivity index (χ0n) is 10.7. The predicted molar refractivity (Wildman–Crippen MR) is 76.9 cm³/mol. The standard InChI is InChI=1S/C14H20BrNO2/c1-16(9-12-4-2-3-7-18-12)14-6-5-11(10-17)8-13(14)15/h5-6,8,12,17H,2-4,7,9-10H2,1H3. The first-order valence-electron chi connectivity index (χ1n) is 6.42. The summed E-state index contributed by atoms with van der Waals surface area (Å²) in [4.78, 5) is 2.21. The van der Waals surface area contributed by atoms with Gasteiger partial charge in [-0.05, 0) is 52.9 Å². The molecule has 1 fully saturated rings. The third-order valence-corrected chi connectivity index (χ3v) is 3.99. The van der Waals surface area contributed by atoms with E-state index in [2.05, 4.69) is 27.9 Å². The van der Waals surface area contributed by atoms with Gasteiger partial charge < -0.3 is 14.7 Å². The molecule has 100 valence electrons. The van der Waals surface area contributed by atoms with Gasteiger partial charge >= 0.3 is 0 Å². The van der Waals surface area contributed by atoms with Crippen molar-refractivity contribution >= 4 is 21.6 Å². The Kier molecular flexibility index (Phi) is 5.03. The minimum absolute atomic E-state index is 0.0777. The summed E-state index contributed by atoms with van der Waals surface area (Å²) in [6.07, 6.45) is 3.95. The maximum atomic E-state index is 9.10. The van der Waals surface area contributed by atoms with E-state index in [0.29, 0.717) is 6.10 Å². The minimum Gasteiger partial charge on any atom is -0.392 e. The van der Waals surface area contributed by atoms with Crippen molar-refractivity contribution in [2.75, 3.05) is 25.1 Å². The molecule has 0 spiro atoms. The summed E-state index contributed by atoms with van der Waals surface area (Å²) in [5.41, 5.74) is 2.06. The predicted octanol–water partition coefficient (Wildman–Crippen LogP) is 2.95. The average Bonchev–Trinajstić information content (AvgIpc) is 2.39. The molecular weight excluding hydrogens is 294 g/mol. The average molecular weight is 314 g/mol. The van der Waals surface area contributed by atoms with Crippen LogP contribution in [0.5, 0.6) is 0 Å². The van der Waals surface area contributed by atoms with E-state index in [9.17, 15) is 0 Å². The van der Waals surface area contributed by atoms with Gasteiger partial charge in [-0.1, -0.05) is 6.07 Å². The molecule has 3 nitrogen and oxygen atoms in total. The fraction of sp³-hybridized carbons (Fsp3) is 0.571. The van der Waals surface area contributed by atoms with Crippen LogP contribution in [-0.2, 0) is 11.3 Å². The van der Waals surface area contributed by atoms with E-state index in [0.717, 1.165) is 35.3 Å². The summed E-state index contributed by atoms with van der Waals surface area (Å²) in [7, 11) is 2.08. The fourth-order valence-electron chi connectivity index (χ4n) is 2.31. The first-order chi connectivity index (χ1) is 8.70. The van der Waals surface area contributed by atoms with Crippen LogP contribution < -0.4 is 4.90 Å². The van der Waals surface area contributed by atoms with Crippen molar-refractivity contribution < 1.29 is 9.84 Å². The molecule has 0 amide bonds. The summed E-state index contributed by atoms with van der Waals surface area (Å²) in [5.74, 6) is 0. The lowest BCUT2D eigenvalue weighted by Gasteiger charge is -2.29. The number of anilines is 1. The highest BCUT2D eigenvalue weighted by molar-refractivity contribution is 9.10. The SMILES string of the molecule is CN(CC1CCCCO1)c1ccc(CO)cc1Br. The van der Waals surface area contributed by atoms with Gasteiger partial charge in [0.05, 0.1) is 18.4 Å². The van der Waals surface area contributed by atoms with Crippen LogP contribution in [0.4, 0.5) is 5.69 Å². The van der Waals surface area contributed by atoms with Crippen LogP contribution in [-0.4, -0.2) is 31.4 Å².